The number of hydrogen-bond acceptors (Lipinski definition) is 4. The highest BCUT2D eigenvalue weighted by Gasteiger charge is 2.25. The number of nitrogens with zero attached hydrogens (tertiary/aromatic N) is 4. The van der Waals surface area contributed by atoms with Crippen LogP contribution in [-0.2, 0) is 18.2 Å². The van der Waals surface area contributed by atoms with Gasteiger partial charge in [-0.1, -0.05) is 18.2 Å². The summed E-state index contributed by atoms with van der Waals surface area (Å²) < 4.78 is 13.6. The van der Waals surface area contributed by atoms with Crippen LogP contribution in [0.3, 0.4) is 0 Å². The van der Waals surface area contributed by atoms with Crippen molar-refractivity contribution >= 4 is 40.9 Å². The van der Waals surface area contributed by atoms with E-state index in [4.69, 9.17) is 9.15 Å². The van der Waals surface area contributed by atoms with Gasteiger partial charge in [0, 0.05) is 50.8 Å². The molecule has 8 heteroatoms. The zero-order chi connectivity index (χ0) is 18.6. The largest absolute Gasteiger partial charge is 0.461 e. The molecule has 150 valence electrons. The summed E-state index contributed by atoms with van der Waals surface area (Å²) >= 11 is 0. The molecule has 0 aliphatic carbocycles. The summed E-state index contributed by atoms with van der Waals surface area (Å²) in [5.41, 5.74) is 2.03. The Kier molecular flexibility index (Phi) is 6.95. The second-order valence-electron chi connectivity index (χ2n) is 6.73. The molecule has 1 saturated heterocycles. The normalized spacial score (nSPS) is 17.6. The number of para-hydroxylation sites is 1. The Hall–Kier alpha value is -2.07. The molecule has 1 N–H and O–H groups in total. The number of benzene rings is 1. The Labute approximate surface area is 181 Å². The highest BCUT2D eigenvalue weighted by atomic mass is 127. The average Bonchev–Trinajstić information content (AvgIpc) is 3.31. The Morgan fingerprint density at radius 3 is 2.96 bits per heavy atom. The van der Waals surface area contributed by atoms with Crippen molar-refractivity contribution in [3.8, 4) is 0 Å². The molecule has 1 aromatic carbocycles. The third-order valence-corrected chi connectivity index (χ3v) is 4.81. The van der Waals surface area contributed by atoms with Gasteiger partial charge in [-0.15, -0.1) is 24.0 Å². The minimum atomic E-state index is 0. The van der Waals surface area contributed by atoms with Gasteiger partial charge >= 0.3 is 0 Å². The number of guanidine groups is 1. The first kappa shape index (κ1) is 20.7. The molecular formula is C20H26IN5O2. The Bertz CT molecular complexity index is 902. The lowest BCUT2D eigenvalue weighted by Crippen LogP contribution is -2.48. The van der Waals surface area contributed by atoms with E-state index in [9.17, 15) is 0 Å². The first-order chi connectivity index (χ1) is 13.2. The molecule has 1 aliphatic heterocycles. The number of aliphatic imine (C=N–C) groups is 1. The fraction of sp³-hybridized carbons (Fsp3) is 0.400. The van der Waals surface area contributed by atoms with Crippen molar-refractivity contribution in [3.05, 3.63) is 54.0 Å². The molecule has 7 nitrogen and oxygen atoms in total. The van der Waals surface area contributed by atoms with Crippen LogP contribution in [0.5, 0.6) is 0 Å². The van der Waals surface area contributed by atoms with Crippen LogP contribution in [0.15, 0.2) is 52.1 Å². The summed E-state index contributed by atoms with van der Waals surface area (Å²) in [4.78, 5) is 6.68. The Balaban J connectivity index is 0.00000225. The Morgan fingerprint density at radius 1 is 1.36 bits per heavy atom. The third-order valence-electron chi connectivity index (χ3n) is 4.81. The van der Waals surface area contributed by atoms with Crippen molar-refractivity contribution in [2.24, 2.45) is 12.0 Å². The lowest BCUT2D eigenvalue weighted by molar-refractivity contribution is -0.00801. The molecule has 1 aliphatic rings. The first-order valence-corrected chi connectivity index (χ1v) is 9.26. The zero-order valence-electron chi connectivity index (χ0n) is 16.2. The standard InChI is InChI=1S/C20H25N5O2.HI/c1-21-20(22-8-7-17-11-15-5-3-4-6-18(15)27-17)25-9-10-26-19(14-25)16-12-23-24(2)13-16;/h3-6,11-13,19H,7-10,14H2,1-2H3,(H,21,22);1H. The number of nitrogens with one attached hydrogen (secondary N) is 1. The van der Waals surface area contributed by atoms with Gasteiger partial charge in [-0.25, -0.2) is 0 Å². The molecule has 0 radical (unpaired) electrons. The van der Waals surface area contributed by atoms with Crippen LogP contribution in [0.1, 0.15) is 17.4 Å². The van der Waals surface area contributed by atoms with Crippen molar-refractivity contribution < 1.29 is 9.15 Å². The maximum Gasteiger partial charge on any atom is 0.193 e. The maximum atomic E-state index is 5.92. The summed E-state index contributed by atoms with van der Waals surface area (Å²) in [6, 6.07) is 10.2. The van der Waals surface area contributed by atoms with Crippen LogP contribution < -0.4 is 5.32 Å². The fourth-order valence-corrected chi connectivity index (χ4v) is 3.44. The monoisotopic (exact) mass is 495 g/mol. The van der Waals surface area contributed by atoms with E-state index < -0.39 is 0 Å². The van der Waals surface area contributed by atoms with Crippen LogP contribution in [0.25, 0.3) is 11.0 Å². The van der Waals surface area contributed by atoms with E-state index in [0.717, 1.165) is 54.3 Å². The molecule has 0 bridgehead atoms. The molecule has 4 rings (SSSR count). The predicted octanol–water partition coefficient (Wildman–Crippen LogP) is 2.98. The van der Waals surface area contributed by atoms with Gasteiger partial charge in [0.15, 0.2) is 5.96 Å². The third kappa shape index (κ3) is 4.67. The van der Waals surface area contributed by atoms with Crippen molar-refractivity contribution in [1.82, 2.24) is 20.0 Å². The number of aryl methyl sites for hydroxylation is 1. The highest BCUT2D eigenvalue weighted by Crippen LogP contribution is 2.22. The number of fused-ring (bicyclic) bond motifs is 1. The number of hydrogen-bond donors (Lipinski definition) is 1. The zero-order valence-corrected chi connectivity index (χ0v) is 18.5. The summed E-state index contributed by atoms with van der Waals surface area (Å²) in [5, 5.41) is 8.84. The van der Waals surface area contributed by atoms with Crippen molar-refractivity contribution in [3.63, 3.8) is 0 Å². The molecular weight excluding hydrogens is 469 g/mol. The minimum Gasteiger partial charge on any atom is -0.461 e. The second kappa shape index (κ2) is 9.42. The quantitative estimate of drug-likeness (QED) is 0.343. The van der Waals surface area contributed by atoms with Crippen LogP contribution in [0.4, 0.5) is 0 Å². The smallest absolute Gasteiger partial charge is 0.193 e. The van der Waals surface area contributed by atoms with Gasteiger partial charge in [0.1, 0.15) is 17.4 Å². The number of aromatic nitrogens is 2. The molecule has 3 heterocycles. The molecule has 3 aromatic rings. The topological polar surface area (TPSA) is 67.8 Å². The van der Waals surface area contributed by atoms with Crippen LogP contribution in [0.2, 0.25) is 0 Å². The highest BCUT2D eigenvalue weighted by molar-refractivity contribution is 14.0. The molecule has 1 unspecified atom stereocenters. The van der Waals surface area contributed by atoms with Crippen molar-refractivity contribution in [2.45, 2.75) is 12.5 Å². The number of rotatable bonds is 4. The predicted molar refractivity (Wildman–Crippen MR) is 120 cm³/mol. The van der Waals surface area contributed by atoms with E-state index in [1.54, 1.807) is 4.68 Å². The van der Waals surface area contributed by atoms with E-state index in [1.165, 1.54) is 0 Å². The maximum absolute atomic E-state index is 5.92. The average molecular weight is 495 g/mol. The molecule has 0 spiro atoms. The summed E-state index contributed by atoms with van der Waals surface area (Å²) in [6.07, 6.45) is 4.70. The van der Waals surface area contributed by atoms with E-state index in [1.807, 2.05) is 44.7 Å². The van der Waals surface area contributed by atoms with Crippen LogP contribution in [-0.4, -0.2) is 53.9 Å². The van der Waals surface area contributed by atoms with E-state index in [0.29, 0.717) is 6.61 Å². The SMILES string of the molecule is CN=C(NCCc1cc2ccccc2o1)N1CCOC(c2cnn(C)c2)C1.I. The fourth-order valence-electron chi connectivity index (χ4n) is 3.44. The molecule has 2 aromatic heterocycles. The van der Waals surface area contributed by atoms with Gasteiger partial charge in [0.25, 0.3) is 0 Å². The lowest BCUT2D eigenvalue weighted by atomic mass is 10.1. The van der Waals surface area contributed by atoms with E-state index in [2.05, 4.69) is 32.4 Å². The number of morpholine rings is 1. The molecule has 1 fully saturated rings. The van der Waals surface area contributed by atoms with E-state index >= 15 is 0 Å². The Morgan fingerprint density at radius 2 is 2.21 bits per heavy atom. The van der Waals surface area contributed by atoms with Crippen LogP contribution in [0, 0.1) is 0 Å². The second-order valence-corrected chi connectivity index (χ2v) is 6.73. The molecule has 28 heavy (non-hydrogen) atoms. The number of ether oxygens (including phenoxy) is 1. The van der Waals surface area contributed by atoms with Gasteiger partial charge in [0.05, 0.1) is 19.3 Å². The molecule has 0 amide bonds. The molecule has 0 saturated carbocycles. The first-order valence-electron chi connectivity index (χ1n) is 9.26. The van der Waals surface area contributed by atoms with Gasteiger partial charge in [-0.05, 0) is 12.1 Å². The van der Waals surface area contributed by atoms with Crippen molar-refractivity contribution in [1.29, 1.82) is 0 Å². The number of halogens is 1. The molecule has 1 atom stereocenters. The van der Waals surface area contributed by atoms with Crippen LogP contribution >= 0.6 is 24.0 Å². The minimum absolute atomic E-state index is 0. The van der Waals surface area contributed by atoms with Gasteiger partial charge in [-0.2, -0.15) is 5.10 Å². The summed E-state index contributed by atoms with van der Waals surface area (Å²) in [7, 11) is 3.74. The van der Waals surface area contributed by atoms with Gasteiger partial charge in [0.2, 0.25) is 0 Å². The summed E-state index contributed by atoms with van der Waals surface area (Å²) in [6.45, 7) is 3.02. The van der Waals surface area contributed by atoms with Gasteiger partial charge in [-0.3, -0.25) is 9.67 Å². The summed E-state index contributed by atoms with van der Waals surface area (Å²) in [5.74, 6) is 1.87. The van der Waals surface area contributed by atoms with E-state index in [-0.39, 0.29) is 30.1 Å². The van der Waals surface area contributed by atoms with Gasteiger partial charge < -0.3 is 19.4 Å². The van der Waals surface area contributed by atoms with Crippen molar-refractivity contribution in [2.75, 3.05) is 33.3 Å². The lowest BCUT2D eigenvalue weighted by Gasteiger charge is -2.34. The number of furan rings is 1.